The van der Waals surface area contributed by atoms with Gasteiger partial charge in [-0.1, -0.05) is 36.4 Å². The molecule has 0 aromatic heterocycles. The summed E-state index contributed by atoms with van der Waals surface area (Å²) in [4.78, 5) is 13.5. The van der Waals surface area contributed by atoms with Crippen LogP contribution in [0, 0.1) is 0 Å². The highest BCUT2D eigenvalue weighted by Crippen LogP contribution is 2.22. The van der Waals surface area contributed by atoms with Crippen molar-refractivity contribution in [2.24, 2.45) is 0 Å². The Balaban J connectivity index is 2.03. The number of amides is 1. The minimum atomic E-state index is -3.67. The van der Waals surface area contributed by atoms with Gasteiger partial charge in [-0.3, -0.25) is 0 Å². The lowest BCUT2D eigenvalue weighted by atomic mass is 10.1. The van der Waals surface area contributed by atoms with Gasteiger partial charge in [-0.05, 0) is 32.2 Å². The van der Waals surface area contributed by atoms with Crippen molar-refractivity contribution in [1.29, 1.82) is 0 Å². The summed E-state index contributed by atoms with van der Waals surface area (Å²) in [5, 5.41) is 1.52. The molecule has 7 heteroatoms. The SMILES string of the molecule is CN(CCNS(=O)(=O)c1cccc2ccccc12)C(=O)OC(C)(C)C. The van der Waals surface area contributed by atoms with Crippen molar-refractivity contribution in [3.8, 4) is 0 Å². The molecule has 2 aromatic rings. The van der Waals surface area contributed by atoms with E-state index in [1.807, 2.05) is 18.2 Å². The number of ether oxygens (including phenoxy) is 1. The summed E-state index contributed by atoms with van der Waals surface area (Å²) in [6.45, 7) is 5.64. The number of nitrogens with zero attached hydrogens (tertiary/aromatic N) is 1. The molecule has 0 bridgehead atoms. The highest BCUT2D eigenvalue weighted by molar-refractivity contribution is 7.89. The second-order valence-electron chi connectivity index (χ2n) is 6.78. The maximum absolute atomic E-state index is 12.6. The molecule has 0 heterocycles. The number of likely N-dealkylation sites (N-methyl/N-ethyl adjacent to an activating group) is 1. The van der Waals surface area contributed by atoms with Crippen LogP contribution in [0.4, 0.5) is 4.79 Å². The number of rotatable bonds is 5. The minimum absolute atomic E-state index is 0.0985. The molecule has 136 valence electrons. The molecule has 1 amide bonds. The first-order chi connectivity index (χ1) is 11.6. The van der Waals surface area contributed by atoms with Gasteiger partial charge < -0.3 is 9.64 Å². The number of hydrogen-bond acceptors (Lipinski definition) is 4. The van der Waals surface area contributed by atoms with E-state index in [2.05, 4.69) is 4.72 Å². The van der Waals surface area contributed by atoms with E-state index in [9.17, 15) is 13.2 Å². The van der Waals surface area contributed by atoms with Gasteiger partial charge in [0.25, 0.3) is 0 Å². The third-order valence-corrected chi connectivity index (χ3v) is 5.00. The largest absolute Gasteiger partial charge is 0.444 e. The Morgan fingerprint density at radius 2 is 1.76 bits per heavy atom. The summed E-state index contributed by atoms with van der Waals surface area (Å²) in [6, 6.07) is 12.5. The van der Waals surface area contributed by atoms with Gasteiger partial charge in [0.15, 0.2) is 0 Å². The van der Waals surface area contributed by atoms with E-state index in [-0.39, 0.29) is 18.0 Å². The second-order valence-corrected chi connectivity index (χ2v) is 8.51. The molecule has 0 saturated heterocycles. The number of hydrogen-bond donors (Lipinski definition) is 1. The Morgan fingerprint density at radius 1 is 1.12 bits per heavy atom. The molecule has 0 saturated carbocycles. The van der Waals surface area contributed by atoms with Gasteiger partial charge in [0, 0.05) is 25.5 Å². The van der Waals surface area contributed by atoms with Crippen molar-refractivity contribution in [2.45, 2.75) is 31.3 Å². The second kappa shape index (κ2) is 7.41. The fourth-order valence-corrected chi connectivity index (χ4v) is 3.54. The van der Waals surface area contributed by atoms with Crippen LogP contribution in [-0.4, -0.2) is 45.1 Å². The van der Waals surface area contributed by atoms with Crippen LogP contribution in [0.5, 0.6) is 0 Å². The van der Waals surface area contributed by atoms with Crippen LogP contribution in [0.15, 0.2) is 47.4 Å². The first-order valence-electron chi connectivity index (χ1n) is 8.02. The molecule has 25 heavy (non-hydrogen) atoms. The zero-order valence-electron chi connectivity index (χ0n) is 14.9. The van der Waals surface area contributed by atoms with Crippen molar-refractivity contribution in [1.82, 2.24) is 9.62 Å². The number of carbonyl (C=O) groups is 1. The van der Waals surface area contributed by atoms with E-state index < -0.39 is 21.7 Å². The van der Waals surface area contributed by atoms with Crippen LogP contribution in [0.1, 0.15) is 20.8 Å². The zero-order valence-corrected chi connectivity index (χ0v) is 15.8. The van der Waals surface area contributed by atoms with Gasteiger partial charge >= 0.3 is 6.09 Å². The monoisotopic (exact) mass is 364 g/mol. The number of benzene rings is 2. The van der Waals surface area contributed by atoms with Crippen molar-refractivity contribution >= 4 is 26.9 Å². The van der Waals surface area contributed by atoms with E-state index >= 15 is 0 Å². The molecule has 2 rings (SSSR count). The Morgan fingerprint density at radius 3 is 2.44 bits per heavy atom. The smallest absolute Gasteiger partial charge is 0.410 e. The van der Waals surface area contributed by atoms with E-state index in [1.165, 1.54) is 4.90 Å². The molecule has 0 radical (unpaired) electrons. The molecule has 0 unspecified atom stereocenters. The van der Waals surface area contributed by atoms with E-state index in [0.717, 1.165) is 5.39 Å². The van der Waals surface area contributed by atoms with Gasteiger partial charge in [-0.15, -0.1) is 0 Å². The molecule has 0 aliphatic carbocycles. The molecule has 0 spiro atoms. The third kappa shape index (κ3) is 5.17. The Kier molecular flexibility index (Phi) is 5.69. The zero-order chi connectivity index (χ0) is 18.7. The fraction of sp³-hybridized carbons (Fsp3) is 0.389. The molecule has 0 aliphatic rings. The van der Waals surface area contributed by atoms with E-state index in [1.54, 1.807) is 52.1 Å². The van der Waals surface area contributed by atoms with Crippen molar-refractivity contribution in [2.75, 3.05) is 20.1 Å². The number of fused-ring (bicyclic) bond motifs is 1. The average molecular weight is 364 g/mol. The summed E-state index contributed by atoms with van der Waals surface area (Å²) in [5.41, 5.74) is -0.589. The lowest BCUT2D eigenvalue weighted by Crippen LogP contribution is -2.39. The van der Waals surface area contributed by atoms with Gasteiger partial charge in [0.2, 0.25) is 10.0 Å². The molecular weight excluding hydrogens is 340 g/mol. The summed E-state index contributed by atoms with van der Waals surface area (Å²) in [6.07, 6.45) is -0.489. The van der Waals surface area contributed by atoms with Crippen LogP contribution in [-0.2, 0) is 14.8 Å². The van der Waals surface area contributed by atoms with Crippen molar-refractivity contribution < 1.29 is 17.9 Å². The lowest BCUT2D eigenvalue weighted by Gasteiger charge is -2.24. The maximum Gasteiger partial charge on any atom is 0.410 e. The van der Waals surface area contributed by atoms with Crippen molar-refractivity contribution in [3.63, 3.8) is 0 Å². The summed E-state index contributed by atoms with van der Waals surface area (Å²) in [7, 11) is -2.10. The number of carbonyl (C=O) groups excluding carboxylic acids is 1. The molecule has 1 N–H and O–H groups in total. The average Bonchev–Trinajstić information content (AvgIpc) is 2.52. The predicted octanol–water partition coefficient (Wildman–Crippen LogP) is 2.99. The van der Waals surface area contributed by atoms with Gasteiger partial charge in [-0.25, -0.2) is 17.9 Å². The summed E-state index contributed by atoms with van der Waals surface area (Å²) in [5.74, 6) is 0. The predicted molar refractivity (Wildman–Crippen MR) is 98.0 cm³/mol. The number of sulfonamides is 1. The molecule has 0 atom stereocenters. The lowest BCUT2D eigenvalue weighted by molar-refractivity contribution is 0.0302. The van der Waals surface area contributed by atoms with Crippen molar-refractivity contribution in [3.05, 3.63) is 42.5 Å². The Hall–Kier alpha value is -2.12. The van der Waals surface area contributed by atoms with E-state index in [4.69, 9.17) is 4.74 Å². The first-order valence-corrected chi connectivity index (χ1v) is 9.50. The van der Waals surface area contributed by atoms with Crippen LogP contribution in [0.2, 0.25) is 0 Å². The van der Waals surface area contributed by atoms with Crippen LogP contribution in [0.25, 0.3) is 10.8 Å². The molecule has 0 fully saturated rings. The molecule has 2 aromatic carbocycles. The Labute approximate surface area is 148 Å². The molecule has 0 aliphatic heterocycles. The summed E-state index contributed by atoms with van der Waals surface area (Å²) < 4.78 is 32.9. The van der Waals surface area contributed by atoms with Gasteiger partial charge in [0.1, 0.15) is 5.60 Å². The van der Waals surface area contributed by atoms with E-state index in [0.29, 0.717) is 5.39 Å². The summed E-state index contributed by atoms with van der Waals surface area (Å²) >= 11 is 0. The van der Waals surface area contributed by atoms with Crippen LogP contribution < -0.4 is 4.72 Å². The quantitative estimate of drug-likeness (QED) is 0.885. The molecule has 6 nitrogen and oxygen atoms in total. The van der Waals surface area contributed by atoms with Gasteiger partial charge in [-0.2, -0.15) is 0 Å². The maximum atomic E-state index is 12.6. The van der Waals surface area contributed by atoms with Crippen LogP contribution in [0.3, 0.4) is 0 Å². The highest BCUT2D eigenvalue weighted by Gasteiger charge is 2.21. The number of nitrogens with one attached hydrogen (secondary N) is 1. The Bertz CT molecular complexity index is 852. The van der Waals surface area contributed by atoms with Crippen LogP contribution >= 0.6 is 0 Å². The molecular formula is C18H24N2O4S. The standard InChI is InChI=1S/C18H24N2O4S/c1-18(2,3)24-17(21)20(4)13-12-19-25(22,23)16-11-7-9-14-8-5-6-10-15(14)16/h5-11,19H,12-13H2,1-4H3. The first kappa shape index (κ1) is 19.2. The normalized spacial score (nSPS) is 12.2. The fourth-order valence-electron chi connectivity index (χ4n) is 2.29. The van der Waals surface area contributed by atoms with Gasteiger partial charge in [0.05, 0.1) is 4.90 Å². The highest BCUT2D eigenvalue weighted by atomic mass is 32.2. The topological polar surface area (TPSA) is 75.7 Å². The third-order valence-electron chi connectivity index (χ3n) is 3.48. The minimum Gasteiger partial charge on any atom is -0.444 e.